The number of rotatable bonds is 2. The second kappa shape index (κ2) is 4.77. The van der Waals surface area contributed by atoms with E-state index in [0.29, 0.717) is 5.69 Å². The van der Waals surface area contributed by atoms with Gasteiger partial charge in [-0.25, -0.2) is 9.07 Å². The average molecular weight is 285 g/mol. The number of aromatic nitrogens is 3. The molecule has 2 aromatic heterocycles. The molecule has 0 spiro atoms. The summed E-state index contributed by atoms with van der Waals surface area (Å²) in [6.45, 7) is 3.88. The molecule has 0 saturated carbocycles. The highest BCUT2D eigenvalue weighted by Crippen LogP contribution is 2.29. The van der Waals surface area contributed by atoms with Gasteiger partial charge in [0.1, 0.15) is 11.4 Å². The molecule has 108 valence electrons. The third kappa shape index (κ3) is 2.20. The number of nitrogens with zero attached hydrogens (tertiary/aromatic N) is 3. The van der Waals surface area contributed by atoms with Crippen molar-refractivity contribution in [3.8, 4) is 22.8 Å². The first-order chi connectivity index (χ1) is 9.97. The van der Waals surface area contributed by atoms with Crippen LogP contribution in [-0.4, -0.2) is 19.5 Å². The maximum absolute atomic E-state index is 14.1. The van der Waals surface area contributed by atoms with E-state index in [2.05, 4.69) is 5.10 Å². The summed E-state index contributed by atoms with van der Waals surface area (Å²) in [4.78, 5) is 0. The summed E-state index contributed by atoms with van der Waals surface area (Å²) in [5.74, 6) is -0.608. The van der Waals surface area contributed by atoms with Gasteiger partial charge < -0.3 is 9.67 Å². The van der Waals surface area contributed by atoms with Crippen molar-refractivity contribution < 1.29 is 9.50 Å². The van der Waals surface area contributed by atoms with Crippen molar-refractivity contribution in [3.05, 3.63) is 53.6 Å². The number of halogens is 1. The van der Waals surface area contributed by atoms with Crippen molar-refractivity contribution in [1.29, 1.82) is 0 Å². The minimum absolute atomic E-state index is 0.100. The zero-order valence-corrected chi connectivity index (χ0v) is 12.1. The van der Waals surface area contributed by atoms with Gasteiger partial charge in [0.2, 0.25) is 0 Å². The summed E-state index contributed by atoms with van der Waals surface area (Å²) in [6, 6.07) is 8.01. The lowest BCUT2D eigenvalue weighted by Gasteiger charge is -2.11. The van der Waals surface area contributed by atoms with Crippen LogP contribution in [0.4, 0.5) is 4.39 Å². The summed E-state index contributed by atoms with van der Waals surface area (Å²) in [5.41, 5.74) is 4.03. The van der Waals surface area contributed by atoms with Crippen molar-refractivity contribution in [2.24, 2.45) is 7.05 Å². The number of phenolic OH excluding ortho intramolecular Hbond substituents is 1. The van der Waals surface area contributed by atoms with Gasteiger partial charge in [-0.05, 0) is 43.7 Å². The fraction of sp³-hybridized carbons (Fsp3) is 0.188. The molecule has 0 fully saturated rings. The SMILES string of the molecule is Cc1cc(-c2c(C)ccn2C)n(-c2ccc(O)cc2F)n1. The molecule has 0 aliphatic carbocycles. The van der Waals surface area contributed by atoms with Crippen LogP contribution >= 0.6 is 0 Å². The molecule has 0 unspecified atom stereocenters. The first-order valence-corrected chi connectivity index (χ1v) is 6.65. The third-order valence-corrected chi connectivity index (χ3v) is 3.51. The van der Waals surface area contributed by atoms with E-state index in [4.69, 9.17) is 0 Å². The van der Waals surface area contributed by atoms with Gasteiger partial charge in [0, 0.05) is 19.3 Å². The Morgan fingerprint density at radius 3 is 2.52 bits per heavy atom. The Kier molecular flexibility index (Phi) is 3.05. The molecule has 0 radical (unpaired) electrons. The quantitative estimate of drug-likeness (QED) is 0.784. The van der Waals surface area contributed by atoms with Crippen molar-refractivity contribution >= 4 is 0 Å². The van der Waals surface area contributed by atoms with Gasteiger partial charge in [-0.3, -0.25) is 0 Å². The number of aromatic hydroxyl groups is 1. The zero-order valence-electron chi connectivity index (χ0n) is 12.1. The van der Waals surface area contributed by atoms with Gasteiger partial charge >= 0.3 is 0 Å². The molecule has 0 amide bonds. The number of aryl methyl sites for hydroxylation is 3. The summed E-state index contributed by atoms with van der Waals surface area (Å²) in [5, 5.41) is 13.7. The van der Waals surface area contributed by atoms with Crippen LogP contribution in [0.25, 0.3) is 17.1 Å². The van der Waals surface area contributed by atoms with E-state index in [1.807, 2.05) is 43.8 Å². The van der Waals surface area contributed by atoms with Crippen LogP contribution in [0.15, 0.2) is 36.5 Å². The molecule has 0 atom stereocenters. The molecule has 3 aromatic rings. The highest BCUT2D eigenvalue weighted by molar-refractivity contribution is 5.63. The third-order valence-electron chi connectivity index (χ3n) is 3.51. The van der Waals surface area contributed by atoms with Gasteiger partial charge in [0.15, 0.2) is 5.82 Å². The van der Waals surface area contributed by atoms with E-state index in [1.54, 1.807) is 4.68 Å². The number of phenols is 1. The van der Waals surface area contributed by atoms with Gasteiger partial charge in [-0.2, -0.15) is 5.10 Å². The molecule has 1 aromatic carbocycles. The van der Waals surface area contributed by atoms with Crippen LogP contribution in [0.3, 0.4) is 0 Å². The zero-order chi connectivity index (χ0) is 15.1. The van der Waals surface area contributed by atoms with Gasteiger partial charge in [0.05, 0.1) is 17.1 Å². The molecule has 2 heterocycles. The molecule has 0 saturated heterocycles. The van der Waals surface area contributed by atoms with Gasteiger partial charge in [0.25, 0.3) is 0 Å². The summed E-state index contributed by atoms with van der Waals surface area (Å²) in [6.07, 6.45) is 1.96. The molecule has 1 N–H and O–H groups in total. The van der Waals surface area contributed by atoms with Crippen LogP contribution in [0.2, 0.25) is 0 Å². The number of hydrogen-bond donors (Lipinski definition) is 1. The minimum atomic E-state index is -0.508. The maximum atomic E-state index is 14.1. The molecular weight excluding hydrogens is 269 g/mol. The molecule has 4 nitrogen and oxygen atoms in total. The smallest absolute Gasteiger partial charge is 0.152 e. The van der Waals surface area contributed by atoms with E-state index < -0.39 is 5.82 Å². The van der Waals surface area contributed by atoms with Crippen LogP contribution in [-0.2, 0) is 7.05 Å². The Balaban J connectivity index is 2.26. The first-order valence-electron chi connectivity index (χ1n) is 6.65. The maximum Gasteiger partial charge on any atom is 0.152 e. The predicted octanol–water partition coefficient (Wildman–Crippen LogP) is 3.34. The monoisotopic (exact) mass is 285 g/mol. The fourth-order valence-corrected chi connectivity index (χ4v) is 2.56. The summed E-state index contributed by atoms with van der Waals surface area (Å²) < 4.78 is 17.7. The van der Waals surface area contributed by atoms with Crippen LogP contribution in [0, 0.1) is 19.7 Å². The standard InChI is InChI=1S/C16H16FN3O/c1-10-6-7-19(3)16(10)15-8-11(2)18-20(15)14-5-4-12(21)9-13(14)17/h4-9,21H,1-3H3. The van der Waals surface area contributed by atoms with Crippen LogP contribution in [0.1, 0.15) is 11.3 Å². The fourth-order valence-electron chi connectivity index (χ4n) is 2.56. The first kappa shape index (κ1) is 13.4. The molecule has 0 bridgehead atoms. The minimum Gasteiger partial charge on any atom is -0.508 e. The molecule has 5 heteroatoms. The number of benzene rings is 1. The van der Waals surface area contributed by atoms with E-state index >= 15 is 0 Å². The van der Waals surface area contributed by atoms with E-state index in [9.17, 15) is 9.50 Å². The Bertz CT molecular complexity index is 798. The molecule has 0 aliphatic heterocycles. The molecule has 21 heavy (non-hydrogen) atoms. The average Bonchev–Trinajstić information content (AvgIpc) is 2.93. The second-order valence-electron chi connectivity index (χ2n) is 5.18. The summed E-state index contributed by atoms with van der Waals surface area (Å²) in [7, 11) is 1.95. The summed E-state index contributed by atoms with van der Waals surface area (Å²) >= 11 is 0. The Labute approximate surface area is 122 Å². The molecule has 0 aliphatic rings. The van der Waals surface area contributed by atoms with Crippen molar-refractivity contribution in [1.82, 2.24) is 14.3 Å². The Morgan fingerprint density at radius 1 is 1.14 bits per heavy atom. The lowest BCUT2D eigenvalue weighted by atomic mass is 10.2. The highest BCUT2D eigenvalue weighted by atomic mass is 19.1. The van der Waals surface area contributed by atoms with E-state index in [-0.39, 0.29) is 5.75 Å². The molecular formula is C16H16FN3O. The molecule has 3 rings (SSSR count). The lowest BCUT2D eigenvalue weighted by molar-refractivity contribution is 0.468. The largest absolute Gasteiger partial charge is 0.508 e. The normalized spacial score (nSPS) is 11.0. The number of hydrogen-bond acceptors (Lipinski definition) is 2. The van der Waals surface area contributed by atoms with Crippen molar-refractivity contribution in [3.63, 3.8) is 0 Å². The highest BCUT2D eigenvalue weighted by Gasteiger charge is 2.17. The van der Waals surface area contributed by atoms with Gasteiger partial charge in [-0.15, -0.1) is 0 Å². The Hall–Kier alpha value is -2.56. The van der Waals surface area contributed by atoms with E-state index in [1.165, 1.54) is 12.1 Å². The van der Waals surface area contributed by atoms with Crippen molar-refractivity contribution in [2.75, 3.05) is 0 Å². The van der Waals surface area contributed by atoms with Crippen molar-refractivity contribution in [2.45, 2.75) is 13.8 Å². The van der Waals surface area contributed by atoms with Crippen LogP contribution < -0.4 is 0 Å². The topological polar surface area (TPSA) is 43.0 Å². The van der Waals surface area contributed by atoms with E-state index in [0.717, 1.165) is 28.7 Å². The Morgan fingerprint density at radius 2 is 1.90 bits per heavy atom. The predicted molar refractivity (Wildman–Crippen MR) is 79.1 cm³/mol. The lowest BCUT2D eigenvalue weighted by Crippen LogP contribution is -2.04. The van der Waals surface area contributed by atoms with Gasteiger partial charge in [-0.1, -0.05) is 0 Å². The van der Waals surface area contributed by atoms with Crippen LogP contribution in [0.5, 0.6) is 5.75 Å². The second-order valence-corrected chi connectivity index (χ2v) is 5.18.